The Labute approximate surface area is 96.5 Å². The molecule has 0 aromatic carbocycles. The molecule has 2 N–H and O–H groups in total. The molecular weight excluding hydrogens is 202 g/mol. The van der Waals surface area contributed by atoms with Crippen molar-refractivity contribution in [1.29, 1.82) is 0 Å². The standard InChI is InChI=1S/C12H19N3O/c1-9(2)8-10(13)12(16)15(3)11-6-4-5-7-14-11/h4-7,9-10H,8,13H2,1-3H3. The van der Waals surface area contributed by atoms with Gasteiger partial charge in [-0.05, 0) is 24.5 Å². The number of carbonyl (C=O) groups is 1. The van der Waals surface area contributed by atoms with Gasteiger partial charge in [-0.15, -0.1) is 0 Å². The number of nitrogens with zero attached hydrogens (tertiary/aromatic N) is 2. The Kier molecular flexibility index (Phi) is 4.43. The predicted molar refractivity (Wildman–Crippen MR) is 65.1 cm³/mol. The molecule has 1 aromatic heterocycles. The largest absolute Gasteiger partial charge is 0.320 e. The summed E-state index contributed by atoms with van der Waals surface area (Å²) in [5, 5.41) is 0. The van der Waals surface area contributed by atoms with Crippen LogP contribution in [0.15, 0.2) is 24.4 Å². The number of hydrogen-bond acceptors (Lipinski definition) is 3. The fraction of sp³-hybridized carbons (Fsp3) is 0.500. The van der Waals surface area contributed by atoms with Gasteiger partial charge < -0.3 is 5.73 Å². The Morgan fingerprint density at radius 3 is 2.69 bits per heavy atom. The summed E-state index contributed by atoms with van der Waals surface area (Å²) in [7, 11) is 1.70. The van der Waals surface area contributed by atoms with E-state index >= 15 is 0 Å². The van der Waals surface area contributed by atoms with Crippen molar-refractivity contribution < 1.29 is 4.79 Å². The first-order valence-corrected chi connectivity index (χ1v) is 5.46. The number of likely N-dealkylation sites (N-methyl/N-ethyl adjacent to an activating group) is 1. The maximum atomic E-state index is 11.9. The monoisotopic (exact) mass is 221 g/mol. The number of carbonyl (C=O) groups excluding carboxylic acids is 1. The van der Waals surface area contributed by atoms with Crippen molar-refractivity contribution in [3.8, 4) is 0 Å². The average molecular weight is 221 g/mol. The van der Waals surface area contributed by atoms with Crippen molar-refractivity contribution in [2.45, 2.75) is 26.3 Å². The van der Waals surface area contributed by atoms with Crippen molar-refractivity contribution in [2.24, 2.45) is 11.7 Å². The van der Waals surface area contributed by atoms with Crippen molar-refractivity contribution in [2.75, 3.05) is 11.9 Å². The number of pyridine rings is 1. The summed E-state index contributed by atoms with van der Waals surface area (Å²) in [5.41, 5.74) is 5.84. The molecule has 1 rings (SSSR count). The van der Waals surface area contributed by atoms with Crippen molar-refractivity contribution in [3.63, 3.8) is 0 Å². The van der Waals surface area contributed by atoms with Crippen molar-refractivity contribution in [3.05, 3.63) is 24.4 Å². The summed E-state index contributed by atoms with van der Waals surface area (Å²) in [6.45, 7) is 4.10. The number of amides is 1. The maximum Gasteiger partial charge on any atom is 0.244 e. The van der Waals surface area contributed by atoms with E-state index in [-0.39, 0.29) is 5.91 Å². The lowest BCUT2D eigenvalue weighted by molar-refractivity contribution is -0.119. The van der Waals surface area contributed by atoms with E-state index in [9.17, 15) is 4.79 Å². The molecule has 0 bridgehead atoms. The molecule has 0 saturated carbocycles. The first-order chi connectivity index (χ1) is 7.52. The minimum atomic E-state index is -0.452. The summed E-state index contributed by atoms with van der Waals surface area (Å²) in [5.74, 6) is 0.954. The van der Waals surface area contributed by atoms with Crippen LogP contribution in [0.5, 0.6) is 0 Å². The quantitative estimate of drug-likeness (QED) is 0.836. The Balaban J connectivity index is 2.67. The highest BCUT2D eigenvalue weighted by Crippen LogP contribution is 2.11. The molecule has 1 aromatic rings. The van der Waals surface area contributed by atoms with E-state index in [1.165, 1.54) is 4.90 Å². The predicted octanol–water partition coefficient (Wildman–Crippen LogP) is 1.42. The van der Waals surface area contributed by atoms with Gasteiger partial charge in [0.05, 0.1) is 6.04 Å². The third kappa shape index (κ3) is 3.31. The maximum absolute atomic E-state index is 11.9. The third-order valence-corrected chi connectivity index (χ3v) is 2.37. The van der Waals surface area contributed by atoms with Gasteiger partial charge in [0.15, 0.2) is 0 Å². The smallest absolute Gasteiger partial charge is 0.244 e. The Morgan fingerprint density at radius 1 is 1.50 bits per heavy atom. The number of aromatic nitrogens is 1. The average Bonchev–Trinajstić information content (AvgIpc) is 2.27. The molecule has 88 valence electrons. The lowest BCUT2D eigenvalue weighted by atomic mass is 10.0. The van der Waals surface area contributed by atoms with Gasteiger partial charge in [0, 0.05) is 13.2 Å². The molecule has 0 aliphatic heterocycles. The molecule has 0 aliphatic carbocycles. The van der Waals surface area contributed by atoms with E-state index in [4.69, 9.17) is 5.73 Å². The zero-order chi connectivity index (χ0) is 12.1. The van der Waals surface area contributed by atoms with E-state index in [1.807, 2.05) is 26.0 Å². The number of hydrogen-bond donors (Lipinski definition) is 1. The van der Waals surface area contributed by atoms with Gasteiger partial charge in [0.1, 0.15) is 5.82 Å². The molecule has 1 amide bonds. The lowest BCUT2D eigenvalue weighted by Gasteiger charge is -2.21. The van der Waals surface area contributed by atoms with E-state index in [1.54, 1.807) is 19.3 Å². The van der Waals surface area contributed by atoms with Crippen molar-refractivity contribution in [1.82, 2.24) is 4.98 Å². The zero-order valence-electron chi connectivity index (χ0n) is 10.1. The number of anilines is 1. The second-order valence-electron chi connectivity index (χ2n) is 4.32. The molecule has 1 unspecified atom stereocenters. The normalized spacial score (nSPS) is 12.6. The van der Waals surface area contributed by atoms with Gasteiger partial charge in [-0.2, -0.15) is 0 Å². The van der Waals surface area contributed by atoms with Crippen LogP contribution in [0, 0.1) is 5.92 Å². The minimum absolute atomic E-state index is 0.0904. The molecule has 0 radical (unpaired) electrons. The lowest BCUT2D eigenvalue weighted by Crippen LogP contribution is -2.42. The second kappa shape index (κ2) is 5.61. The van der Waals surface area contributed by atoms with Crippen molar-refractivity contribution >= 4 is 11.7 Å². The van der Waals surface area contributed by atoms with Gasteiger partial charge in [-0.25, -0.2) is 4.98 Å². The molecule has 4 nitrogen and oxygen atoms in total. The zero-order valence-corrected chi connectivity index (χ0v) is 10.1. The SMILES string of the molecule is CC(C)CC(N)C(=O)N(C)c1ccccn1. The molecule has 0 aliphatic rings. The summed E-state index contributed by atoms with van der Waals surface area (Å²) in [6.07, 6.45) is 2.35. The van der Waals surface area contributed by atoms with E-state index < -0.39 is 6.04 Å². The van der Waals surface area contributed by atoms with Crippen LogP contribution in [-0.4, -0.2) is 24.0 Å². The molecule has 1 atom stereocenters. The second-order valence-corrected chi connectivity index (χ2v) is 4.32. The molecule has 0 spiro atoms. The van der Waals surface area contributed by atoms with Crippen LogP contribution in [0.25, 0.3) is 0 Å². The van der Waals surface area contributed by atoms with Gasteiger partial charge >= 0.3 is 0 Å². The first kappa shape index (κ1) is 12.6. The molecule has 0 saturated heterocycles. The third-order valence-electron chi connectivity index (χ3n) is 2.37. The van der Waals surface area contributed by atoms with Crippen LogP contribution < -0.4 is 10.6 Å². The summed E-state index contributed by atoms with van der Waals surface area (Å²) >= 11 is 0. The molecule has 0 fully saturated rings. The topological polar surface area (TPSA) is 59.2 Å². The fourth-order valence-corrected chi connectivity index (χ4v) is 1.52. The van der Waals surface area contributed by atoms with Gasteiger partial charge in [0.25, 0.3) is 0 Å². The highest BCUT2D eigenvalue weighted by molar-refractivity contribution is 5.95. The van der Waals surface area contributed by atoms with Gasteiger partial charge in [-0.3, -0.25) is 9.69 Å². The summed E-state index contributed by atoms with van der Waals surface area (Å²) in [4.78, 5) is 17.6. The highest BCUT2D eigenvalue weighted by atomic mass is 16.2. The highest BCUT2D eigenvalue weighted by Gasteiger charge is 2.20. The molecule has 1 heterocycles. The summed E-state index contributed by atoms with van der Waals surface area (Å²) < 4.78 is 0. The Bertz CT molecular complexity index is 337. The van der Waals surface area contributed by atoms with Crippen LogP contribution in [0.3, 0.4) is 0 Å². The van der Waals surface area contributed by atoms with Crippen LogP contribution in [-0.2, 0) is 4.79 Å². The van der Waals surface area contributed by atoms with Crippen LogP contribution in [0.1, 0.15) is 20.3 Å². The van der Waals surface area contributed by atoms with E-state index in [0.717, 1.165) is 0 Å². The van der Waals surface area contributed by atoms with E-state index in [0.29, 0.717) is 18.2 Å². The molecule has 16 heavy (non-hydrogen) atoms. The first-order valence-electron chi connectivity index (χ1n) is 5.46. The minimum Gasteiger partial charge on any atom is -0.320 e. The molecular formula is C12H19N3O. The van der Waals surface area contributed by atoms with Crippen LogP contribution in [0.2, 0.25) is 0 Å². The Morgan fingerprint density at radius 2 is 2.19 bits per heavy atom. The van der Waals surface area contributed by atoms with E-state index in [2.05, 4.69) is 4.98 Å². The number of rotatable bonds is 4. The number of nitrogens with two attached hydrogens (primary N) is 1. The van der Waals surface area contributed by atoms with Gasteiger partial charge in [0.2, 0.25) is 5.91 Å². The fourth-order valence-electron chi connectivity index (χ4n) is 1.52. The van der Waals surface area contributed by atoms with Crippen LogP contribution >= 0.6 is 0 Å². The van der Waals surface area contributed by atoms with Gasteiger partial charge in [-0.1, -0.05) is 19.9 Å². The summed E-state index contributed by atoms with van der Waals surface area (Å²) in [6, 6.07) is 5.00. The molecule has 4 heteroatoms. The van der Waals surface area contributed by atoms with Crippen LogP contribution in [0.4, 0.5) is 5.82 Å². The Hall–Kier alpha value is -1.42.